The number of hydrogen-bond donors (Lipinski definition) is 1. The Bertz CT molecular complexity index is 262. The van der Waals surface area contributed by atoms with Crippen molar-refractivity contribution in [3.8, 4) is 0 Å². The van der Waals surface area contributed by atoms with E-state index in [1.807, 2.05) is 12.1 Å². The minimum Gasteiger partial charge on any atom is -0.355 e. The zero-order chi connectivity index (χ0) is 7.56. The zero-order valence-corrected chi connectivity index (χ0v) is 7.31. The van der Waals surface area contributed by atoms with Crippen LogP contribution in [0.1, 0.15) is 25.5 Å². The Morgan fingerprint density at radius 1 is 1.40 bits per heavy atom. The number of aromatic nitrogens is 1. The van der Waals surface area contributed by atoms with Crippen LogP contribution in [0.5, 0.6) is 0 Å². The highest BCUT2D eigenvalue weighted by Gasteiger charge is 1.95. The fourth-order valence-electron chi connectivity index (χ4n) is 0.824. The van der Waals surface area contributed by atoms with Crippen LogP contribution < -0.4 is 0 Å². The first kappa shape index (κ1) is 7.56. The summed E-state index contributed by atoms with van der Waals surface area (Å²) >= 11 is 0. The van der Waals surface area contributed by atoms with Gasteiger partial charge in [-0.05, 0) is 18.1 Å². The third-order valence-electron chi connectivity index (χ3n) is 1.44. The van der Waals surface area contributed by atoms with E-state index in [0.717, 1.165) is 5.07 Å². The summed E-state index contributed by atoms with van der Waals surface area (Å²) in [5.74, 6) is 0.566. The minimum absolute atomic E-state index is 0.566. The van der Waals surface area contributed by atoms with Crippen LogP contribution in [0.4, 0.5) is 0 Å². The van der Waals surface area contributed by atoms with Gasteiger partial charge in [0.2, 0.25) is 0 Å². The molecular weight excluding hydrogens is 141 g/mol. The summed E-state index contributed by atoms with van der Waals surface area (Å²) in [5.41, 5.74) is 1.26. The van der Waals surface area contributed by atoms with Crippen molar-refractivity contribution in [3.05, 3.63) is 29.0 Å². The standard InChI is InChI=1S/C8H12NP/c1-6(2)7-4-3-5-8(10)9-7/h3-6,9-10H,1-2H3. The van der Waals surface area contributed by atoms with E-state index in [2.05, 4.69) is 33.8 Å². The van der Waals surface area contributed by atoms with E-state index in [1.165, 1.54) is 5.69 Å². The van der Waals surface area contributed by atoms with Crippen LogP contribution in [-0.2, 0) is 0 Å². The lowest BCUT2D eigenvalue weighted by molar-refractivity contribution is 0.820. The predicted octanol–water partition coefficient (Wildman–Crippen LogP) is 2.81. The normalized spacial score (nSPS) is 10.3. The van der Waals surface area contributed by atoms with Crippen LogP contribution in [0, 0.1) is 5.07 Å². The van der Waals surface area contributed by atoms with Crippen LogP contribution >= 0.6 is 8.86 Å². The first-order valence-electron chi connectivity index (χ1n) is 3.44. The molecule has 0 aliphatic rings. The van der Waals surface area contributed by atoms with Crippen molar-refractivity contribution in [2.75, 3.05) is 0 Å². The third-order valence-corrected chi connectivity index (χ3v) is 1.73. The van der Waals surface area contributed by atoms with E-state index in [1.54, 1.807) is 0 Å². The molecule has 2 heteroatoms. The lowest BCUT2D eigenvalue weighted by atomic mass is 10.1. The molecule has 1 rings (SSSR count). The third kappa shape index (κ3) is 1.71. The summed E-state index contributed by atoms with van der Waals surface area (Å²) in [5, 5.41) is 1.03. The molecule has 0 saturated carbocycles. The largest absolute Gasteiger partial charge is 0.355 e. The summed E-state index contributed by atoms with van der Waals surface area (Å²) in [6.45, 7) is 4.33. The highest BCUT2D eigenvalue weighted by molar-refractivity contribution is 7.06. The van der Waals surface area contributed by atoms with E-state index in [0.29, 0.717) is 5.92 Å². The molecule has 1 N–H and O–H groups in total. The molecule has 0 radical (unpaired) electrons. The summed E-state index contributed by atoms with van der Waals surface area (Å²) in [4.78, 5) is 3.22. The number of H-pyrrole nitrogens is 1. The van der Waals surface area contributed by atoms with Gasteiger partial charge in [-0.25, -0.2) is 0 Å². The van der Waals surface area contributed by atoms with Crippen molar-refractivity contribution in [1.29, 1.82) is 0 Å². The number of hydrogen-bond acceptors (Lipinski definition) is 0. The maximum atomic E-state index is 3.42. The first-order chi connectivity index (χ1) is 4.70. The summed E-state index contributed by atoms with van der Waals surface area (Å²) in [7, 11) is 3.42. The van der Waals surface area contributed by atoms with E-state index in [-0.39, 0.29) is 0 Å². The highest BCUT2D eigenvalue weighted by Crippen LogP contribution is 2.09. The molecule has 10 heavy (non-hydrogen) atoms. The lowest BCUT2D eigenvalue weighted by Gasteiger charge is -2.03. The van der Waals surface area contributed by atoms with Crippen LogP contribution in [0.2, 0.25) is 0 Å². The van der Waals surface area contributed by atoms with Crippen molar-refractivity contribution < 1.29 is 0 Å². The molecule has 1 heterocycles. The van der Waals surface area contributed by atoms with Crippen molar-refractivity contribution in [1.82, 2.24) is 4.98 Å². The van der Waals surface area contributed by atoms with E-state index in [9.17, 15) is 0 Å². The molecule has 0 aromatic carbocycles. The molecule has 0 fully saturated rings. The molecule has 0 amide bonds. The molecule has 0 atom stereocenters. The monoisotopic (exact) mass is 153 g/mol. The maximum Gasteiger partial charge on any atom is 0.0582 e. The Balaban J connectivity index is 3.07. The molecule has 0 spiro atoms. The van der Waals surface area contributed by atoms with Gasteiger partial charge in [0, 0.05) is 5.69 Å². The Morgan fingerprint density at radius 3 is 2.50 bits per heavy atom. The minimum atomic E-state index is 0.566. The Morgan fingerprint density at radius 2 is 2.10 bits per heavy atom. The fourth-order valence-corrected chi connectivity index (χ4v) is 1.06. The van der Waals surface area contributed by atoms with E-state index in [4.69, 9.17) is 0 Å². The lowest BCUT2D eigenvalue weighted by Crippen LogP contribution is -1.90. The fraction of sp³-hybridized carbons (Fsp3) is 0.375. The molecule has 1 aromatic rings. The van der Waals surface area contributed by atoms with Gasteiger partial charge in [0.05, 0.1) is 5.07 Å². The van der Waals surface area contributed by atoms with Crippen molar-refractivity contribution in [2.45, 2.75) is 19.8 Å². The molecule has 1 nitrogen and oxygen atoms in total. The molecule has 0 aliphatic heterocycles. The maximum absolute atomic E-state index is 3.42. The second-order valence-electron chi connectivity index (χ2n) is 2.67. The van der Waals surface area contributed by atoms with Gasteiger partial charge in [0.25, 0.3) is 0 Å². The van der Waals surface area contributed by atoms with Crippen LogP contribution in [-0.4, -0.2) is 4.98 Å². The van der Waals surface area contributed by atoms with Gasteiger partial charge < -0.3 is 4.98 Å². The average Bonchev–Trinajstić information content (AvgIpc) is 1.88. The Hall–Kier alpha value is -0.550. The quantitative estimate of drug-likeness (QED) is 0.597. The van der Waals surface area contributed by atoms with E-state index >= 15 is 0 Å². The number of nitrogens with one attached hydrogen (secondary N) is 1. The van der Waals surface area contributed by atoms with Gasteiger partial charge in [-0.1, -0.05) is 28.8 Å². The van der Waals surface area contributed by atoms with E-state index < -0.39 is 0 Å². The predicted molar refractivity (Wildman–Crippen MR) is 46.4 cm³/mol. The van der Waals surface area contributed by atoms with Gasteiger partial charge in [0.15, 0.2) is 0 Å². The summed E-state index contributed by atoms with van der Waals surface area (Å²) in [6, 6.07) is 6.12. The number of pyridine rings is 1. The van der Waals surface area contributed by atoms with Crippen LogP contribution in [0.25, 0.3) is 0 Å². The Kier molecular flexibility index (Phi) is 2.29. The van der Waals surface area contributed by atoms with Gasteiger partial charge in [0.1, 0.15) is 0 Å². The molecule has 1 aromatic heterocycles. The molecular formula is C8H12NP. The second kappa shape index (κ2) is 3.03. The SMILES string of the molecule is CC(C)c1cccc(=P)[nH]1. The Labute approximate surface area is 63.3 Å². The second-order valence-corrected chi connectivity index (χ2v) is 3.21. The summed E-state index contributed by atoms with van der Waals surface area (Å²) < 4.78 is 0. The summed E-state index contributed by atoms with van der Waals surface area (Å²) in [6.07, 6.45) is 0. The van der Waals surface area contributed by atoms with Gasteiger partial charge in [-0.3, -0.25) is 0 Å². The first-order valence-corrected chi connectivity index (χ1v) is 3.94. The van der Waals surface area contributed by atoms with Crippen LogP contribution in [0.3, 0.4) is 0 Å². The van der Waals surface area contributed by atoms with Crippen molar-refractivity contribution in [3.63, 3.8) is 0 Å². The molecule has 0 bridgehead atoms. The molecule has 0 saturated heterocycles. The molecule has 0 unspecified atom stereocenters. The highest BCUT2D eigenvalue weighted by atomic mass is 31.0. The zero-order valence-electron chi connectivity index (χ0n) is 6.31. The van der Waals surface area contributed by atoms with Crippen molar-refractivity contribution in [2.24, 2.45) is 0 Å². The molecule has 54 valence electrons. The number of aromatic amines is 1. The van der Waals surface area contributed by atoms with Crippen LogP contribution in [0.15, 0.2) is 18.2 Å². The van der Waals surface area contributed by atoms with Crippen molar-refractivity contribution >= 4 is 8.86 Å². The molecule has 0 aliphatic carbocycles. The number of rotatable bonds is 1. The van der Waals surface area contributed by atoms with Gasteiger partial charge in [-0.2, -0.15) is 0 Å². The van der Waals surface area contributed by atoms with Gasteiger partial charge in [-0.15, -0.1) is 0 Å². The topological polar surface area (TPSA) is 15.8 Å². The van der Waals surface area contributed by atoms with Gasteiger partial charge >= 0.3 is 0 Å². The smallest absolute Gasteiger partial charge is 0.0582 e. The average molecular weight is 153 g/mol.